The van der Waals surface area contributed by atoms with Gasteiger partial charge in [0.15, 0.2) is 5.92 Å². The highest BCUT2D eigenvalue weighted by atomic mass is 19.4. The van der Waals surface area contributed by atoms with Crippen molar-refractivity contribution in [3.8, 4) is 6.07 Å². The van der Waals surface area contributed by atoms with Gasteiger partial charge in [0.2, 0.25) is 0 Å². The van der Waals surface area contributed by atoms with Crippen LogP contribution in [0.1, 0.15) is 26.2 Å². The Balaban J connectivity index is 2.47. The second kappa shape index (κ2) is 5.53. The van der Waals surface area contributed by atoms with E-state index in [4.69, 9.17) is 5.26 Å². The van der Waals surface area contributed by atoms with E-state index in [0.717, 1.165) is 19.3 Å². The standard InChI is InChI=1S/C11H17F3N2/c1-2-5-16(7-9-3-4-9)8-10(6-15)11(12,13)14/h9-10H,2-5,7-8H2,1H3. The number of alkyl halides is 3. The maximum Gasteiger partial charge on any atom is 0.405 e. The van der Waals surface area contributed by atoms with Crippen molar-refractivity contribution in [3.63, 3.8) is 0 Å². The van der Waals surface area contributed by atoms with Gasteiger partial charge in [0.25, 0.3) is 0 Å². The van der Waals surface area contributed by atoms with Crippen molar-refractivity contribution in [1.29, 1.82) is 5.26 Å². The zero-order valence-electron chi connectivity index (χ0n) is 9.43. The van der Waals surface area contributed by atoms with Gasteiger partial charge in [0.1, 0.15) is 0 Å². The van der Waals surface area contributed by atoms with Crippen molar-refractivity contribution in [3.05, 3.63) is 0 Å². The molecule has 1 saturated carbocycles. The van der Waals surface area contributed by atoms with Crippen LogP contribution in [0, 0.1) is 23.2 Å². The molecule has 92 valence electrons. The Bertz CT molecular complexity index is 253. The molecule has 0 saturated heterocycles. The first-order valence-corrected chi connectivity index (χ1v) is 5.66. The Kier molecular flexibility index (Phi) is 4.60. The van der Waals surface area contributed by atoms with Gasteiger partial charge in [-0.25, -0.2) is 0 Å². The summed E-state index contributed by atoms with van der Waals surface area (Å²) in [4.78, 5) is 1.78. The van der Waals surface area contributed by atoms with Gasteiger partial charge in [0, 0.05) is 13.1 Å². The molecule has 1 fully saturated rings. The summed E-state index contributed by atoms with van der Waals surface area (Å²) in [5.41, 5.74) is 0. The van der Waals surface area contributed by atoms with Crippen molar-refractivity contribution in [2.24, 2.45) is 11.8 Å². The summed E-state index contributed by atoms with van der Waals surface area (Å²) >= 11 is 0. The molecule has 0 aromatic carbocycles. The Morgan fingerprint density at radius 2 is 2.06 bits per heavy atom. The lowest BCUT2D eigenvalue weighted by molar-refractivity contribution is -0.163. The Morgan fingerprint density at radius 3 is 2.44 bits per heavy atom. The average molecular weight is 234 g/mol. The molecule has 0 spiro atoms. The lowest BCUT2D eigenvalue weighted by Gasteiger charge is -2.25. The SMILES string of the molecule is CCCN(CC1CC1)CC(C#N)C(F)(F)F. The molecule has 0 radical (unpaired) electrons. The van der Waals surface area contributed by atoms with Crippen molar-refractivity contribution >= 4 is 0 Å². The van der Waals surface area contributed by atoms with Crippen LogP contribution >= 0.6 is 0 Å². The molecule has 5 heteroatoms. The maximum absolute atomic E-state index is 12.4. The van der Waals surface area contributed by atoms with Crippen LogP contribution < -0.4 is 0 Å². The molecule has 0 amide bonds. The van der Waals surface area contributed by atoms with Gasteiger partial charge in [0.05, 0.1) is 6.07 Å². The van der Waals surface area contributed by atoms with Crippen LogP contribution in [0.15, 0.2) is 0 Å². The highest BCUT2D eigenvalue weighted by Gasteiger charge is 2.41. The summed E-state index contributed by atoms with van der Waals surface area (Å²) in [5, 5.41) is 8.53. The normalized spacial score (nSPS) is 18.5. The van der Waals surface area contributed by atoms with Crippen LogP contribution in [0.4, 0.5) is 13.2 Å². The Morgan fingerprint density at radius 1 is 1.44 bits per heavy atom. The number of halogens is 3. The summed E-state index contributed by atoms with van der Waals surface area (Å²) in [6.07, 6.45) is -1.35. The van der Waals surface area contributed by atoms with Crippen LogP contribution in [0.2, 0.25) is 0 Å². The molecule has 0 aromatic rings. The molecule has 1 rings (SSSR count). The highest BCUT2D eigenvalue weighted by molar-refractivity contribution is 4.91. The van der Waals surface area contributed by atoms with Crippen molar-refractivity contribution < 1.29 is 13.2 Å². The summed E-state index contributed by atoms with van der Waals surface area (Å²) in [6, 6.07) is 1.36. The summed E-state index contributed by atoms with van der Waals surface area (Å²) in [6.45, 7) is 3.12. The molecule has 0 N–H and O–H groups in total. The fraction of sp³-hybridized carbons (Fsp3) is 0.909. The van der Waals surface area contributed by atoms with Crippen LogP contribution in [-0.2, 0) is 0 Å². The van der Waals surface area contributed by atoms with Gasteiger partial charge < -0.3 is 4.90 Å². The quantitative estimate of drug-likeness (QED) is 0.706. The molecule has 0 heterocycles. The van der Waals surface area contributed by atoms with Gasteiger partial charge in [-0.3, -0.25) is 0 Å². The van der Waals surface area contributed by atoms with E-state index < -0.39 is 12.1 Å². The molecule has 0 aromatic heterocycles. The lowest BCUT2D eigenvalue weighted by Crippen LogP contribution is -2.37. The third-order valence-electron chi connectivity index (χ3n) is 2.74. The highest BCUT2D eigenvalue weighted by Crippen LogP contribution is 2.31. The van der Waals surface area contributed by atoms with E-state index >= 15 is 0 Å². The zero-order valence-corrected chi connectivity index (χ0v) is 9.43. The minimum absolute atomic E-state index is 0.176. The van der Waals surface area contributed by atoms with Crippen molar-refractivity contribution in [2.75, 3.05) is 19.6 Å². The number of hydrogen-bond donors (Lipinski definition) is 0. The molecular formula is C11H17F3N2. The van der Waals surface area contributed by atoms with Crippen LogP contribution in [0.3, 0.4) is 0 Å². The zero-order chi connectivity index (χ0) is 12.2. The van der Waals surface area contributed by atoms with Crippen molar-refractivity contribution in [1.82, 2.24) is 4.90 Å². The van der Waals surface area contributed by atoms with E-state index in [1.165, 1.54) is 6.07 Å². The minimum atomic E-state index is -4.40. The molecule has 1 atom stereocenters. The van der Waals surface area contributed by atoms with E-state index in [-0.39, 0.29) is 6.54 Å². The summed E-state index contributed by atoms with van der Waals surface area (Å²) < 4.78 is 37.3. The third kappa shape index (κ3) is 4.40. The van der Waals surface area contributed by atoms with E-state index in [0.29, 0.717) is 19.0 Å². The predicted molar refractivity (Wildman–Crippen MR) is 54.6 cm³/mol. The number of hydrogen-bond acceptors (Lipinski definition) is 2. The molecule has 0 aliphatic heterocycles. The smallest absolute Gasteiger partial charge is 0.301 e. The van der Waals surface area contributed by atoms with Crippen molar-refractivity contribution in [2.45, 2.75) is 32.4 Å². The molecule has 0 bridgehead atoms. The lowest BCUT2D eigenvalue weighted by atomic mass is 10.1. The van der Waals surface area contributed by atoms with Gasteiger partial charge in [-0.1, -0.05) is 6.92 Å². The molecule has 16 heavy (non-hydrogen) atoms. The summed E-state index contributed by atoms with van der Waals surface area (Å²) in [7, 11) is 0. The van der Waals surface area contributed by atoms with E-state index in [9.17, 15) is 13.2 Å². The van der Waals surface area contributed by atoms with Gasteiger partial charge in [-0.05, 0) is 31.7 Å². The Labute approximate surface area is 94.0 Å². The molecule has 1 aliphatic carbocycles. The first-order chi connectivity index (χ1) is 7.47. The largest absolute Gasteiger partial charge is 0.405 e. The molecule has 1 unspecified atom stereocenters. The van der Waals surface area contributed by atoms with Crippen LogP contribution in [0.5, 0.6) is 0 Å². The second-order valence-corrected chi connectivity index (χ2v) is 4.43. The fourth-order valence-electron chi connectivity index (χ4n) is 1.71. The predicted octanol–water partition coefficient (Wildman–Crippen LogP) is 2.81. The van der Waals surface area contributed by atoms with Crippen LogP contribution in [-0.4, -0.2) is 30.7 Å². The number of rotatable bonds is 6. The number of nitrogens with zero attached hydrogens (tertiary/aromatic N) is 2. The minimum Gasteiger partial charge on any atom is -0.301 e. The average Bonchev–Trinajstić information content (AvgIpc) is 2.96. The fourth-order valence-corrected chi connectivity index (χ4v) is 1.71. The van der Waals surface area contributed by atoms with E-state index in [2.05, 4.69) is 0 Å². The first-order valence-electron chi connectivity index (χ1n) is 5.66. The monoisotopic (exact) mass is 234 g/mol. The maximum atomic E-state index is 12.4. The molecule has 1 aliphatic rings. The van der Waals surface area contributed by atoms with Gasteiger partial charge >= 0.3 is 6.18 Å². The van der Waals surface area contributed by atoms with Gasteiger partial charge in [-0.2, -0.15) is 18.4 Å². The second-order valence-electron chi connectivity index (χ2n) is 4.43. The molecule has 2 nitrogen and oxygen atoms in total. The molecular weight excluding hydrogens is 217 g/mol. The van der Waals surface area contributed by atoms with Gasteiger partial charge in [-0.15, -0.1) is 0 Å². The Hall–Kier alpha value is -0.760. The summed E-state index contributed by atoms with van der Waals surface area (Å²) in [5.74, 6) is -1.29. The first kappa shape index (κ1) is 13.3. The number of nitriles is 1. The topological polar surface area (TPSA) is 27.0 Å². The van der Waals surface area contributed by atoms with E-state index in [1.54, 1.807) is 4.90 Å². The van der Waals surface area contributed by atoms with Crippen LogP contribution in [0.25, 0.3) is 0 Å². The van der Waals surface area contributed by atoms with E-state index in [1.807, 2.05) is 6.92 Å². The third-order valence-corrected chi connectivity index (χ3v) is 2.74.